The quantitative estimate of drug-likeness (QED) is 0.688. The first-order valence-corrected chi connectivity index (χ1v) is 8.44. The number of aromatic nitrogens is 2. The summed E-state index contributed by atoms with van der Waals surface area (Å²) in [5.41, 5.74) is 5.50. The number of anilines is 1. The maximum atomic E-state index is 5.32. The van der Waals surface area contributed by atoms with Gasteiger partial charge >= 0.3 is 0 Å². The molecular weight excluding hydrogens is 332 g/mol. The molecule has 1 heterocycles. The lowest BCUT2D eigenvalue weighted by Gasteiger charge is -2.10. The smallest absolute Gasteiger partial charge is 0.246 e. The number of nitrogens with one attached hydrogen (secondary N) is 2. The van der Waals surface area contributed by atoms with E-state index < -0.39 is 0 Å². The molecule has 25 heavy (non-hydrogen) atoms. The second-order valence-electron chi connectivity index (χ2n) is 5.99. The second-order valence-corrected chi connectivity index (χ2v) is 6.40. The first kappa shape index (κ1) is 17.1. The Morgan fingerprint density at radius 3 is 2.68 bits per heavy atom. The maximum Gasteiger partial charge on any atom is 0.246 e. The van der Waals surface area contributed by atoms with Crippen LogP contribution in [0.5, 0.6) is 0 Å². The Labute approximate surface area is 152 Å². The highest BCUT2D eigenvalue weighted by molar-refractivity contribution is 7.80. The van der Waals surface area contributed by atoms with E-state index in [9.17, 15) is 0 Å². The van der Waals surface area contributed by atoms with Gasteiger partial charge in [-0.1, -0.05) is 35.0 Å². The fourth-order valence-corrected chi connectivity index (χ4v) is 2.57. The lowest BCUT2D eigenvalue weighted by atomic mass is 10.1. The summed E-state index contributed by atoms with van der Waals surface area (Å²) >= 11 is 5.32. The minimum Gasteiger partial charge on any atom is -0.353 e. The van der Waals surface area contributed by atoms with Crippen LogP contribution in [0.2, 0.25) is 0 Å². The van der Waals surface area contributed by atoms with E-state index in [1.54, 1.807) is 0 Å². The molecule has 0 spiro atoms. The van der Waals surface area contributed by atoms with Crippen LogP contribution < -0.4 is 10.6 Å². The highest BCUT2D eigenvalue weighted by Gasteiger charge is 2.09. The van der Waals surface area contributed by atoms with Crippen molar-refractivity contribution in [2.24, 2.45) is 0 Å². The second kappa shape index (κ2) is 7.44. The lowest BCUT2D eigenvalue weighted by molar-refractivity contribution is 0.376. The molecule has 0 aliphatic carbocycles. The molecule has 0 fully saturated rings. The molecule has 5 nitrogen and oxygen atoms in total. The van der Waals surface area contributed by atoms with E-state index in [-0.39, 0.29) is 0 Å². The van der Waals surface area contributed by atoms with E-state index in [2.05, 4.69) is 46.8 Å². The average molecular weight is 352 g/mol. The summed E-state index contributed by atoms with van der Waals surface area (Å²) in [5.74, 6) is 1.06. The van der Waals surface area contributed by atoms with E-state index in [0.717, 1.165) is 16.8 Å². The summed E-state index contributed by atoms with van der Waals surface area (Å²) in [6.07, 6.45) is 0. The van der Waals surface area contributed by atoms with Gasteiger partial charge in [-0.05, 0) is 62.3 Å². The van der Waals surface area contributed by atoms with Crippen LogP contribution in [0.4, 0.5) is 5.69 Å². The molecular formula is C19H20N4OS. The van der Waals surface area contributed by atoms with Gasteiger partial charge < -0.3 is 15.2 Å². The third kappa shape index (κ3) is 4.42. The summed E-state index contributed by atoms with van der Waals surface area (Å²) in [6.45, 7) is 6.55. The predicted molar refractivity (Wildman–Crippen MR) is 103 cm³/mol. The van der Waals surface area contributed by atoms with Crippen molar-refractivity contribution in [3.8, 4) is 11.4 Å². The summed E-state index contributed by atoms with van der Waals surface area (Å²) in [5, 5.41) is 10.8. The molecule has 0 bridgehead atoms. The van der Waals surface area contributed by atoms with Crippen LogP contribution in [-0.2, 0) is 6.54 Å². The topological polar surface area (TPSA) is 63.0 Å². The zero-order valence-corrected chi connectivity index (χ0v) is 15.3. The summed E-state index contributed by atoms with van der Waals surface area (Å²) in [4.78, 5) is 4.40. The Morgan fingerprint density at radius 2 is 1.92 bits per heavy atom. The minimum absolute atomic E-state index is 0.371. The van der Waals surface area contributed by atoms with Crippen molar-refractivity contribution in [2.75, 3.05) is 5.32 Å². The average Bonchev–Trinajstić information content (AvgIpc) is 3.05. The normalized spacial score (nSPS) is 10.5. The van der Waals surface area contributed by atoms with Crippen LogP contribution in [0.15, 0.2) is 47.0 Å². The number of hydrogen-bond donors (Lipinski definition) is 2. The third-order valence-electron chi connectivity index (χ3n) is 3.91. The highest BCUT2D eigenvalue weighted by Crippen LogP contribution is 2.17. The molecule has 0 radical (unpaired) electrons. The van der Waals surface area contributed by atoms with Gasteiger partial charge in [0.1, 0.15) is 0 Å². The molecule has 1 aromatic heterocycles. The number of rotatable bonds is 4. The van der Waals surface area contributed by atoms with Crippen molar-refractivity contribution >= 4 is 23.0 Å². The van der Waals surface area contributed by atoms with Gasteiger partial charge in [0.25, 0.3) is 0 Å². The Kier molecular flexibility index (Phi) is 5.09. The molecule has 0 aliphatic rings. The van der Waals surface area contributed by atoms with E-state index >= 15 is 0 Å². The molecule has 3 aromatic rings. The molecule has 0 saturated heterocycles. The fourth-order valence-electron chi connectivity index (χ4n) is 2.38. The molecule has 0 unspecified atom stereocenters. The van der Waals surface area contributed by atoms with E-state index in [4.69, 9.17) is 16.7 Å². The van der Waals surface area contributed by atoms with Gasteiger partial charge in [0.2, 0.25) is 11.7 Å². The van der Waals surface area contributed by atoms with Crippen LogP contribution in [0.25, 0.3) is 11.4 Å². The molecule has 2 N–H and O–H groups in total. The monoisotopic (exact) mass is 352 g/mol. The van der Waals surface area contributed by atoms with Crippen molar-refractivity contribution in [2.45, 2.75) is 27.3 Å². The van der Waals surface area contributed by atoms with Crippen LogP contribution in [0.1, 0.15) is 22.6 Å². The number of hydrogen-bond acceptors (Lipinski definition) is 4. The first-order valence-electron chi connectivity index (χ1n) is 8.03. The molecule has 0 saturated carbocycles. The molecule has 0 atom stereocenters. The summed E-state index contributed by atoms with van der Waals surface area (Å²) < 4.78 is 5.28. The molecule has 6 heteroatoms. The van der Waals surface area contributed by atoms with Crippen LogP contribution in [0, 0.1) is 20.8 Å². The summed E-state index contributed by atoms with van der Waals surface area (Å²) in [6, 6.07) is 14.1. The number of thiocarbonyl (C=S) groups is 1. The number of nitrogens with zero attached hydrogens (tertiary/aromatic N) is 2. The number of aryl methyl sites for hydroxylation is 3. The largest absolute Gasteiger partial charge is 0.353 e. The predicted octanol–water partition coefficient (Wildman–Crippen LogP) is 4.15. The summed E-state index contributed by atoms with van der Waals surface area (Å²) in [7, 11) is 0. The SMILES string of the molecule is Cc1cccc(-c2noc(CNC(=S)Nc3ccc(C)c(C)c3)n2)c1. The first-order chi connectivity index (χ1) is 12.0. The van der Waals surface area contributed by atoms with Crippen molar-refractivity contribution < 1.29 is 4.52 Å². The Bertz CT molecular complexity index is 904. The third-order valence-corrected chi connectivity index (χ3v) is 4.16. The van der Waals surface area contributed by atoms with Crippen molar-refractivity contribution in [3.63, 3.8) is 0 Å². The van der Waals surface area contributed by atoms with Crippen molar-refractivity contribution in [1.29, 1.82) is 0 Å². The van der Waals surface area contributed by atoms with E-state index in [0.29, 0.717) is 23.4 Å². The van der Waals surface area contributed by atoms with Gasteiger partial charge in [-0.3, -0.25) is 0 Å². The Hall–Kier alpha value is -2.73. The van der Waals surface area contributed by atoms with Crippen LogP contribution in [-0.4, -0.2) is 15.3 Å². The Morgan fingerprint density at radius 1 is 1.08 bits per heavy atom. The Balaban J connectivity index is 1.58. The van der Waals surface area contributed by atoms with Gasteiger partial charge in [-0.25, -0.2) is 0 Å². The van der Waals surface area contributed by atoms with E-state index in [1.165, 1.54) is 11.1 Å². The van der Waals surface area contributed by atoms with Gasteiger partial charge in [0.05, 0.1) is 6.54 Å². The lowest BCUT2D eigenvalue weighted by Crippen LogP contribution is -2.28. The molecule has 2 aromatic carbocycles. The minimum atomic E-state index is 0.371. The highest BCUT2D eigenvalue weighted by atomic mass is 32.1. The van der Waals surface area contributed by atoms with Gasteiger partial charge in [0.15, 0.2) is 5.11 Å². The number of benzene rings is 2. The van der Waals surface area contributed by atoms with Gasteiger partial charge in [-0.2, -0.15) is 4.98 Å². The zero-order valence-electron chi connectivity index (χ0n) is 14.5. The van der Waals surface area contributed by atoms with Gasteiger partial charge in [-0.15, -0.1) is 0 Å². The molecule has 3 rings (SSSR count). The van der Waals surface area contributed by atoms with Crippen LogP contribution in [0.3, 0.4) is 0 Å². The maximum absolute atomic E-state index is 5.32. The molecule has 0 amide bonds. The molecule has 0 aliphatic heterocycles. The fraction of sp³-hybridized carbons (Fsp3) is 0.211. The van der Waals surface area contributed by atoms with Crippen LogP contribution >= 0.6 is 12.2 Å². The van der Waals surface area contributed by atoms with Gasteiger partial charge in [0, 0.05) is 11.3 Å². The van der Waals surface area contributed by atoms with E-state index in [1.807, 2.05) is 37.3 Å². The standard InChI is InChI=1S/C19H20N4OS/c1-12-5-4-6-15(9-12)18-22-17(24-23-18)11-20-19(25)21-16-8-7-13(2)14(3)10-16/h4-10H,11H2,1-3H3,(H2,20,21,25). The van der Waals surface area contributed by atoms with Crippen molar-refractivity contribution in [3.05, 3.63) is 65.0 Å². The zero-order chi connectivity index (χ0) is 17.8. The molecule has 128 valence electrons. The van der Waals surface area contributed by atoms with Crippen molar-refractivity contribution in [1.82, 2.24) is 15.5 Å².